The fourth-order valence-electron chi connectivity index (χ4n) is 2.36. The zero-order valence-electron chi connectivity index (χ0n) is 10.2. The zero-order valence-corrected chi connectivity index (χ0v) is 10.2. The molecule has 1 N–H and O–H groups in total. The minimum Gasteiger partial charge on any atom is -0.350 e. The van der Waals surface area contributed by atoms with Crippen molar-refractivity contribution >= 4 is 5.91 Å². The summed E-state index contributed by atoms with van der Waals surface area (Å²) >= 11 is 0. The number of likely N-dealkylation sites (tertiary alicyclic amines) is 1. The Morgan fingerprint density at radius 2 is 2.29 bits per heavy atom. The number of nitrogens with one attached hydrogen (secondary N) is 1. The molecule has 0 radical (unpaired) electrons. The highest BCUT2D eigenvalue weighted by molar-refractivity contribution is 5.93. The molecule has 0 spiro atoms. The SMILES string of the molecule is CCN1CCC[C@H]1CNC(=O)c1ccncc1. The van der Waals surface area contributed by atoms with Crippen LogP contribution in [0.2, 0.25) is 0 Å². The Morgan fingerprint density at radius 1 is 1.53 bits per heavy atom. The molecule has 1 atom stereocenters. The van der Waals surface area contributed by atoms with Gasteiger partial charge in [-0.15, -0.1) is 0 Å². The summed E-state index contributed by atoms with van der Waals surface area (Å²) in [6.07, 6.45) is 5.71. The summed E-state index contributed by atoms with van der Waals surface area (Å²) in [6.45, 7) is 5.14. The first-order chi connectivity index (χ1) is 8.31. The van der Waals surface area contributed by atoms with Crippen molar-refractivity contribution < 1.29 is 4.79 Å². The molecule has 2 rings (SSSR count). The van der Waals surface area contributed by atoms with Crippen LogP contribution >= 0.6 is 0 Å². The second kappa shape index (κ2) is 5.77. The van der Waals surface area contributed by atoms with E-state index in [1.807, 2.05) is 0 Å². The number of carbonyl (C=O) groups is 1. The molecule has 1 aromatic heterocycles. The average molecular weight is 233 g/mol. The van der Waals surface area contributed by atoms with Crippen LogP contribution in [0.3, 0.4) is 0 Å². The molecule has 1 aliphatic rings. The van der Waals surface area contributed by atoms with Gasteiger partial charge in [0, 0.05) is 30.5 Å². The van der Waals surface area contributed by atoms with Crippen molar-refractivity contribution in [3.63, 3.8) is 0 Å². The minimum absolute atomic E-state index is 0.00430. The van der Waals surface area contributed by atoms with Gasteiger partial charge in [-0.05, 0) is 38.1 Å². The molecule has 1 aromatic rings. The molecule has 1 amide bonds. The van der Waals surface area contributed by atoms with Gasteiger partial charge in [-0.2, -0.15) is 0 Å². The highest BCUT2D eigenvalue weighted by Crippen LogP contribution is 2.15. The van der Waals surface area contributed by atoms with Crippen LogP contribution in [0.25, 0.3) is 0 Å². The maximum Gasteiger partial charge on any atom is 0.251 e. The predicted octanol–water partition coefficient (Wildman–Crippen LogP) is 1.30. The number of amides is 1. The van der Waals surface area contributed by atoms with Crippen molar-refractivity contribution in [1.82, 2.24) is 15.2 Å². The Morgan fingerprint density at radius 3 is 3.00 bits per heavy atom. The third-order valence-electron chi connectivity index (χ3n) is 3.35. The largest absolute Gasteiger partial charge is 0.350 e. The molecule has 1 saturated heterocycles. The van der Waals surface area contributed by atoms with E-state index in [4.69, 9.17) is 0 Å². The maximum atomic E-state index is 11.8. The number of aromatic nitrogens is 1. The lowest BCUT2D eigenvalue weighted by Gasteiger charge is -2.22. The van der Waals surface area contributed by atoms with E-state index in [0.717, 1.165) is 19.6 Å². The Kier molecular flexibility index (Phi) is 4.09. The van der Waals surface area contributed by atoms with Gasteiger partial charge < -0.3 is 5.32 Å². The van der Waals surface area contributed by atoms with Crippen LogP contribution in [0.15, 0.2) is 24.5 Å². The van der Waals surface area contributed by atoms with Gasteiger partial charge in [0.2, 0.25) is 0 Å². The molecular formula is C13H19N3O. The van der Waals surface area contributed by atoms with Crippen molar-refractivity contribution in [2.75, 3.05) is 19.6 Å². The van der Waals surface area contributed by atoms with Crippen LogP contribution in [0, 0.1) is 0 Å². The van der Waals surface area contributed by atoms with Gasteiger partial charge in [0.1, 0.15) is 0 Å². The summed E-state index contributed by atoms with van der Waals surface area (Å²) in [5, 5.41) is 3.00. The molecule has 0 saturated carbocycles. The van der Waals surface area contributed by atoms with Crippen LogP contribution in [-0.2, 0) is 0 Å². The molecule has 0 aromatic carbocycles. The van der Waals surface area contributed by atoms with Crippen LogP contribution in [0.1, 0.15) is 30.1 Å². The van der Waals surface area contributed by atoms with Crippen LogP contribution in [0.5, 0.6) is 0 Å². The van der Waals surface area contributed by atoms with Gasteiger partial charge >= 0.3 is 0 Å². The molecular weight excluding hydrogens is 214 g/mol. The fraction of sp³-hybridized carbons (Fsp3) is 0.538. The van der Waals surface area contributed by atoms with Crippen molar-refractivity contribution in [1.29, 1.82) is 0 Å². The van der Waals surface area contributed by atoms with Crippen LogP contribution < -0.4 is 5.32 Å². The van der Waals surface area contributed by atoms with Gasteiger partial charge in [-0.25, -0.2) is 0 Å². The van der Waals surface area contributed by atoms with Crippen molar-refractivity contribution in [3.8, 4) is 0 Å². The van der Waals surface area contributed by atoms with E-state index in [0.29, 0.717) is 11.6 Å². The first kappa shape index (κ1) is 12.0. The lowest BCUT2D eigenvalue weighted by molar-refractivity contribution is 0.0941. The summed E-state index contributed by atoms with van der Waals surface area (Å²) in [5.74, 6) is -0.00430. The second-order valence-electron chi connectivity index (χ2n) is 4.37. The number of carbonyl (C=O) groups excluding carboxylic acids is 1. The lowest BCUT2D eigenvalue weighted by atomic mass is 10.2. The normalized spacial score (nSPS) is 20.4. The smallest absolute Gasteiger partial charge is 0.251 e. The number of likely N-dealkylation sites (N-methyl/N-ethyl adjacent to an activating group) is 1. The van der Waals surface area contributed by atoms with Crippen LogP contribution in [0.4, 0.5) is 0 Å². The quantitative estimate of drug-likeness (QED) is 0.852. The lowest BCUT2D eigenvalue weighted by Crippen LogP contribution is -2.40. The summed E-state index contributed by atoms with van der Waals surface area (Å²) in [6, 6.07) is 3.98. The summed E-state index contributed by atoms with van der Waals surface area (Å²) < 4.78 is 0. The molecule has 0 aliphatic carbocycles. The number of hydrogen-bond acceptors (Lipinski definition) is 3. The summed E-state index contributed by atoms with van der Waals surface area (Å²) in [5.41, 5.74) is 0.682. The highest BCUT2D eigenvalue weighted by Gasteiger charge is 2.23. The molecule has 2 heterocycles. The van der Waals surface area contributed by atoms with Gasteiger partial charge in [0.15, 0.2) is 0 Å². The van der Waals surface area contributed by atoms with E-state index in [-0.39, 0.29) is 5.91 Å². The van der Waals surface area contributed by atoms with Gasteiger partial charge in [-0.3, -0.25) is 14.7 Å². The van der Waals surface area contributed by atoms with Crippen molar-refractivity contribution in [2.45, 2.75) is 25.8 Å². The predicted molar refractivity (Wildman–Crippen MR) is 66.8 cm³/mol. The first-order valence-electron chi connectivity index (χ1n) is 6.23. The van der Waals surface area contributed by atoms with E-state index < -0.39 is 0 Å². The molecule has 1 fully saturated rings. The summed E-state index contributed by atoms with van der Waals surface area (Å²) in [4.78, 5) is 18.2. The first-order valence-corrected chi connectivity index (χ1v) is 6.23. The maximum absolute atomic E-state index is 11.8. The highest BCUT2D eigenvalue weighted by atomic mass is 16.1. The third kappa shape index (κ3) is 3.03. The molecule has 4 heteroatoms. The molecule has 0 bridgehead atoms. The van der Waals surface area contributed by atoms with Crippen molar-refractivity contribution in [3.05, 3.63) is 30.1 Å². The fourth-order valence-corrected chi connectivity index (χ4v) is 2.36. The van der Waals surface area contributed by atoms with Gasteiger partial charge in [0.25, 0.3) is 5.91 Å². The standard InChI is InChI=1S/C13H19N3O/c1-2-16-9-3-4-12(16)10-15-13(17)11-5-7-14-8-6-11/h5-8,12H,2-4,9-10H2,1H3,(H,15,17)/t12-/m0/s1. The van der Waals surface area contributed by atoms with E-state index in [1.54, 1.807) is 24.5 Å². The third-order valence-corrected chi connectivity index (χ3v) is 3.35. The van der Waals surface area contributed by atoms with Crippen molar-refractivity contribution in [2.24, 2.45) is 0 Å². The monoisotopic (exact) mass is 233 g/mol. The van der Waals surface area contributed by atoms with E-state index in [1.165, 1.54) is 12.8 Å². The van der Waals surface area contributed by atoms with Crippen LogP contribution in [-0.4, -0.2) is 41.5 Å². The Labute approximate surface area is 102 Å². The zero-order chi connectivity index (χ0) is 12.1. The second-order valence-corrected chi connectivity index (χ2v) is 4.37. The molecule has 0 unspecified atom stereocenters. The van der Waals surface area contributed by atoms with E-state index in [9.17, 15) is 4.79 Å². The number of hydrogen-bond donors (Lipinski definition) is 1. The Bertz CT molecular complexity index is 366. The average Bonchev–Trinajstić information content (AvgIpc) is 2.84. The molecule has 1 aliphatic heterocycles. The Hall–Kier alpha value is -1.42. The molecule has 92 valence electrons. The van der Waals surface area contributed by atoms with E-state index in [2.05, 4.69) is 22.1 Å². The Balaban J connectivity index is 1.84. The number of rotatable bonds is 4. The summed E-state index contributed by atoms with van der Waals surface area (Å²) in [7, 11) is 0. The minimum atomic E-state index is -0.00430. The number of pyridine rings is 1. The topological polar surface area (TPSA) is 45.2 Å². The van der Waals surface area contributed by atoms with E-state index >= 15 is 0 Å². The van der Waals surface area contributed by atoms with Gasteiger partial charge in [-0.1, -0.05) is 6.92 Å². The number of nitrogens with zero attached hydrogens (tertiary/aromatic N) is 2. The molecule has 4 nitrogen and oxygen atoms in total. The molecule has 17 heavy (non-hydrogen) atoms. The van der Waals surface area contributed by atoms with Gasteiger partial charge in [0.05, 0.1) is 0 Å².